The monoisotopic (exact) mass is 360 g/mol. The van der Waals surface area contributed by atoms with Gasteiger partial charge in [-0.3, -0.25) is 9.59 Å². The van der Waals surface area contributed by atoms with E-state index in [0.717, 1.165) is 6.08 Å². The van der Waals surface area contributed by atoms with E-state index < -0.39 is 40.8 Å². The summed E-state index contributed by atoms with van der Waals surface area (Å²) < 4.78 is 51.6. The Labute approximate surface area is 140 Å². The lowest BCUT2D eigenvalue weighted by Crippen LogP contribution is -2.43. The topological polar surface area (TPSA) is 69.6 Å². The Morgan fingerprint density at radius 2 is 2.04 bits per heavy atom. The van der Waals surface area contributed by atoms with Gasteiger partial charge in [-0.25, -0.2) is 4.39 Å². The summed E-state index contributed by atoms with van der Waals surface area (Å²) in [5.74, 6) is -4.10. The zero-order chi connectivity index (χ0) is 18.8. The van der Waals surface area contributed by atoms with Crippen LogP contribution in [0, 0.1) is 11.7 Å². The van der Waals surface area contributed by atoms with Gasteiger partial charge in [-0.2, -0.15) is 13.2 Å². The number of piperidine rings is 1. The molecule has 1 saturated heterocycles. The Morgan fingerprint density at radius 1 is 1.36 bits per heavy atom. The minimum Gasteiger partial charge on any atom is -0.506 e. The van der Waals surface area contributed by atoms with Gasteiger partial charge < -0.3 is 15.3 Å². The molecular weight excluding hydrogens is 344 g/mol. The summed E-state index contributed by atoms with van der Waals surface area (Å²) >= 11 is 0. The molecule has 9 heteroatoms. The van der Waals surface area contributed by atoms with Crippen LogP contribution in [0.4, 0.5) is 23.2 Å². The van der Waals surface area contributed by atoms with E-state index in [1.165, 1.54) is 4.90 Å². The Balaban J connectivity index is 2.17. The maximum absolute atomic E-state index is 13.4. The first-order chi connectivity index (χ1) is 11.6. The zero-order valence-electron chi connectivity index (χ0n) is 13.1. The minimum absolute atomic E-state index is 0.0881. The maximum atomic E-state index is 13.4. The number of nitrogens with one attached hydrogen (secondary N) is 1. The van der Waals surface area contributed by atoms with Crippen LogP contribution in [0.25, 0.3) is 0 Å². The molecule has 1 aromatic rings. The van der Waals surface area contributed by atoms with Crippen LogP contribution in [0.5, 0.6) is 5.75 Å². The van der Waals surface area contributed by atoms with Crippen LogP contribution in [-0.4, -0.2) is 34.9 Å². The molecule has 1 fully saturated rings. The lowest BCUT2D eigenvalue weighted by Gasteiger charge is -2.31. The van der Waals surface area contributed by atoms with Crippen LogP contribution in [0.15, 0.2) is 24.8 Å². The number of anilines is 1. The number of phenols is 1. The van der Waals surface area contributed by atoms with Crippen molar-refractivity contribution in [1.82, 2.24) is 4.90 Å². The standard InChI is InChI=1S/C16H16F4N2O3/c1-2-14(24)22-5-3-4-9(8-22)15(25)21-12-6-10(16(18,19)20)11(17)7-13(12)23/h2,6-7,9,23H,1,3-5,8H2,(H,21,25). The number of alkyl halides is 3. The molecule has 25 heavy (non-hydrogen) atoms. The normalized spacial score (nSPS) is 17.9. The van der Waals surface area contributed by atoms with E-state index in [1.54, 1.807) is 0 Å². The van der Waals surface area contributed by atoms with Gasteiger partial charge in [0.05, 0.1) is 17.2 Å². The molecule has 1 aliphatic rings. The average Bonchev–Trinajstić information content (AvgIpc) is 2.55. The highest BCUT2D eigenvalue weighted by atomic mass is 19.4. The smallest absolute Gasteiger partial charge is 0.419 e. The van der Waals surface area contributed by atoms with Crippen molar-refractivity contribution in [2.24, 2.45) is 5.92 Å². The van der Waals surface area contributed by atoms with Crippen LogP contribution < -0.4 is 5.32 Å². The van der Waals surface area contributed by atoms with E-state index in [0.29, 0.717) is 31.5 Å². The van der Waals surface area contributed by atoms with E-state index in [-0.39, 0.29) is 12.5 Å². The van der Waals surface area contributed by atoms with Crippen molar-refractivity contribution in [3.63, 3.8) is 0 Å². The number of benzene rings is 1. The third-order valence-corrected chi connectivity index (χ3v) is 3.93. The molecule has 0 radical (unpaired) electrons. The fourth-order valence-electron chi connectivity index (χ4n) is 2.64. The van der Waals surface area contributed by atoms with Crippen LogP contribution in [0.2, 0.25) is 0 Å². The molecule has 0 saturated carbocycles. The maximum Gasteiger partial charge on any atom is 0.419 e. The number of phenolic OH excluding ortho intramolecular Hbond substituents is 1. The van der Waals surface area contributed by atoms with Crippen molar-refractivity contribution in [3.8, 4) is 5.75 Å². The molecular formula is C16H16F4N2O3. The Morgan fingerprint density at radius 3 is 2.64 bits per heavy atom. The lowest BCUT2D eigenvalue weighted by molar-refractivity contribution is -0.140. The van der Waals surface area contributed by atoms with Crippen LogP contribution >= 0.6 is 0 Å². The van der Waals surface area contributed by atoms with E-state index >= 15 is 0 Å². The molecule has 0 spiro atoms. The highest BCUT2D eigenvalue weighted by molar-refractivity contribution is 5.95. The average molecular weight is 360 g/mol. The number of hydrogen-bond donors (Lipinski definition) is 2. The lowest BCUT2D eigenvalue weighted by atomic mass is 9.97. The van der Waals surface area contributed by atoms with Crippen LogP contribution in [0.3, 0.4) is 0 Å². The minimum atomic E-state index is -4.96. The second-order valence-electron chi connectivity index (χ2n) is 5.66. The quantitative estimate of drug-likeness (QED) is 0.495. The van der Waals surface area contributed by atoms with E-state index in [9.17, 15) is 32.3 Å². The number of nitrogens with zero attached hydrogens (tertiary/aromatic N) is 1. The second-order valence-corrected chi connectivity index (χ2v) is 5.66. The molecule has 1 atom stereocenters. The number of halogens is 4. The van der Waals surface area contributed by atoms with Gasteiger partial charge in [0.25, 0.3) is 0 Å². The number of rotatable bonds is 3. The summed E-state index contributed by atoms with van der Waals surface area (Å²) in [7, 11) is 0. The number of hydrogen-bond acceptors (Lipinski definition) is 3. The van der Waals surface area contributed by atoms with Gasteiger partial charge in [-0.1, -0.05) is 6.58 Å². The van der Waals surface area contributed by atoms with Gasteiger partial charge in [0.2, 0.25) is 11.8 Å². The molecule has 1 aromatic carbocycles. The molecule has 1 unspecified atom stereocenters. The van der Waals surface area contributed by atoms with Crippen molar-refractivity contribution < 1.29 is 32.3 Å². The predicted octanol–water partition coefficient (Wildman–Crippen LogP) is 2.91. The largest absolute Gasteiger partial charge is 0.506 e. The number of carbonyl (C=O) groups is 2. The highest BCUT2D eigenvalue weighted by Gasteiger charge is 2.35. The number of carbonyl (C=O) groups excluding carboxylic acids is 2. The highest BCUT2D eigenvalue weighted by Crippen LogP contribution is 2.37. The second kappa shape index (κ2) is 7.12. The molecule has 5 nitrogen and oxygen atoms in total. The number of aromatic hydroxyl groups is 1. The Hall–Kier alpha value is -2.58. The van der Waals surface area contributed by atoms with Crippen LogP contribution in [-0.2, 0) is 15.8 Å². The molecule has 0 bridgehead atoms. The zero-order valence-corrected chi connectivity index (χ0v) is 13.1. The number of likely N-dealkylation sites (tertiary alicyclic amines) is 1. The third-order valence-electron chi connectivity index (χ3n) is 3.93. The predicted molar refractivity (Wildman–Crippen MR) is 81.2 cm³/mol. The first kappa shape index (κ1) is 18.8. The SMILES string of the molecule is C=CC(=O)N1CCCC(C(=O)Nc2cc(C(F)(F)F)c(F)cc2O)C1. The van der Waals surface area contributed by atoms with Crippen molar-refractivity contribution in [2.45, 2.75) is 19.0 Å². The third kappa shape index (κ3) is 4.28. The van der Waals surface area contributed by atoms with Crippen molar-refractivity contribution in [2.75, 3.05) is 18.4 Å². The molecule has 2 amide bonds. The summed E-state index contributed by atoms with van der Waals surface area (Å²) in [6, 6.07) is 0.644. The molecule has 0 aromatic heterocycles. The van der Waals surface area contributed by atoms with Gasteiger partial charge in [0.15, 0.2) is 0 Å². The van der Waals surface area contributed by atoms with Gasteiger partial charge in [-0.15, -0.1) is 0 Å². The van der Waals surface area contributed by atoms with Gasteiger partial charge in [-0.05, 0) is 25.0 Å². The Bertz CT molecular complexity index is 703. The summed E-state index contributed by atoms with van der Waals surface area (Å²) in [5, 5.41) is 11.8. The van der Waals surface area contributed by atoms with E-state index in [1.807, 2.05) is 0 Å². The van der Waals surface area contributed by atoms with E-state index in [4.69, 9.17) is 0 Å². The molecule has 0 aliphatic carbocycles. The molecule has 1 heterocycles. The first-order valence-corrected chi connectivity index (χ1v) is 7.45. The van der Waals surface area contributed by atoms with Crippen molar-refractivity contribution in [3.05, 3.63) is 36.2 Å². The summed E-state index contributed by atoms with van der Waals surface area (Å²) in [4.78, 5) is 25.3. The fourth-order valence-corrected chi connectivity index (χ4v) is 2.64. The van der Waals surface area contributed by atoms with E-state index in [2.05, 4.69) is 11.9 Å². The molecule has 2 rings (SSSR count). The summed E-state index contributed by atoms with van der Waals surface area (Å²) in [6.07, 6.45) is -2.88. The molecule has 1 aliphatic heterocycles. The summed E-state index contributed by atoms with van der Waals surface area (Å²) in [5.41, 5.74) is -2.13. The van der Waals surface area contributed by atoms with Crippen molar-refractivity contribution in [1.29, 1.82) is 0 Å². The molecule has 2 N–H and O–H groups in total. The fraction of sp³-hybridized carbons (Fsp3) is 0.375. The van der Waals surface area contributed by atoms with Gasteiger partial charge in [0.1, 0.15) is 11.6 Å². The Kier molecular flexibility index (Phi) is 5.34. The molecule has 136 valence electrons. The van der Waals surface area contributed by atoms with Gasteiger partial charge >= 0.3 is 6.18 Å². The van der Waals surface area contributed by atoms with Crippen molar-refractivity contribution >= 4 is 17.5 Å². The van der Waals surface area contributed by atoms with Crippen LogP contribution in [0.1, 0.15) is 18.4 Å². The number of amides is 2. The van der Waals surface area contributed by atoms with Gasteiger partial charge in [0, 0.05) is 19.2 Å². The first-order valence-electron chi connectivity index (χ1n) is 7.45. The summed E-state index contributed by atoms with van der Waals surface area (Å²) in [6.45, 7) is 3.90.